The summed E-state index contributed by atoms with van der Waals surface area (Å²) in [5, 5.41) is 0. The molecule has 0 spiro atoms. The first-order valence-corrected chi connectivity index (χ1v) is 4.04. The van der Waals surface area contributed by atoms with Crippen LogP contribution in [0.3, 0.4) is 0 Å². The third-order valence-electron chi connectivity index (χ3n) is 2.18. The Morgan fingerprint density at radius 1 is 1.62 bits per heavy atom. The summed E-state index contributed by atoms with van der Waals surface area (Å²) in [6.07, 6.45) is 0. The highest BCUT2D eigenvalue weighted by Gasteiger charge is 2.35. The van der Waals surface area contributed by atoms with E-state index < -0.39 is 5.60 Å². The van der Waals surface area contributed by atoms with Gasteiger partial charge >= 0.3 is 0 Å². The molecule has 0 unspecified atom stereocenters. The molecule has 0 amide bonds. The number of H-pyrrole nitrogens is 1. The summed E-state index contributed by atoms with van der Waals surface area (Å²) in [7, 11) is 0. The summed E-state index contributed by atoms with van der Waals surface area (Å²) in [6.45, 7) is 4.04. The molecule has 0 saturated carbocycles. The fourth-order valence-corrected chi connectivity index (χ4v) is 1.59. The van der Waals surface area contributed by atoms with Gasteiger partial charge in [-0.1, -0.05) is 0 Å². The van der Waals surface area contributed by atoms with Gasteiger partial charge in [0.2, 0.25) is 5.95 Å². The first-order chi connectivity index (χ1) is 6.00. The van der Waals surface area contributed by atoms with E-state index in [0.29, 0.717) is 17.9 Å². The van der Waals surface area contributed by atoms with E-state index in [1.165, 1.54) is 0 Å². The van der Waals surface area contributed by atoms with Crippen LogP contribution in [0.5, 0.6) is 0 Å². The number of aromatic amines is 1. The molecular formula is C8H11N3O2. The molecule has 1 aromatic heterocycles. The molecule has 0 aliphatic carbocycles. The van der Waals surface area contributed by atoms with Gasteiger partial charge in [0.1, 0.15) is 0 Å². The lowest BCUT2D eigenvalue weighted by Crippen LogP contribution is -2.26. The van der Waals surface area contributed by atoms with Gasteiger partial charge in [0, 0.05) is 0 Å². The molecule has 5 heteroatoms. The maximum atomic E-state index is 11.5. The van der Waals surface area contributed by atoms with Crippen molar-refractivity contribution in [3.05, 3.63) is 21.6 Å². The number of hydrogen-bond acceptors (Lipinski definition) is 4. The van der Waals surface area contributed by atoms with Gasteiger partial charge in [-0.2, -0.15) is 0 Å². The van der Waals surface area contributed by atoms with Crippen molar-refractivity contribution in [2.24, 2.45) is 0 Å². The molecule has 2 rings (SSSR count). The van der Waals surface area contributed by atoms with Crippen LogP contribution in [-0.4, -0.2) is 9.97 Å². The number of hydrogen-bond donors (Lipinski definition) is 2. The number of fused-ring (bicyclic) bond motifs is 1. The minimum atomic E-state index is -0.552. The zero-order valence-electron chi connectivity index (χ0n) is 7.55. The number of nitrogens with zero attached hydrogens (tertiary/aromatic N) is 1. The topological polar surface area (TPSA) is 81.0 Å². The lowest BCUT2D eigenvalue weighted by molar-refractivity contribution is -0.00900. The van der Waals surface area contributed by atoms with E-state index in [1.54, 1.807) is 0 Å². The highest BCUT2D eigenvalue weighted by Crippen LogP contribution is 2.31. The second-order valence-corrected chi connectivity index (χ2v) is 3.57. The van der Waals surface area contributed by atoms with Crippen LogP contribution in [0.2, 0.25) is 0 Å². The van der Waals surface area contributed by atoms with Crippen molar-refractivity contribution in [1.82, 2.24) is 9.97 Å². The van der Waals surface area contributed by atoms with E-state index in [-0.39, 0.29) is 11.5 Å². The average Bonchev–Trinajstić information content (AvgIpc) is 2.26. The van der Waals surface area contributed by atoms with Crippen LogP contribution in [0, 0.1) is 0 Å². The smallest absolute Gasteiger partial charge is 0.258 e. The van der Waals surface area contributed by atoms with Gasteiger partial charge in [-0.3, -0.25) is 9.78 Å². The largest absolute Gasteiger partial charge is 0.369 e. The molecule has 0 saturated heterocycles. The molecule has 70 valence electrons. The zero-order valence-corrected chi connectivity index (χ0v) is 7.55. The molecule has 2 heterocycles. The monoisotopic (exact) mass is 181 g/mol. The van der Waals surface area contributed by atoms with Crippen molar-refractivity contribution in [1.29, 1.82) is 0 Å². The minimum Gasteiger partial charge on any atom is -0.369 e. The summed E-state index contributed by atoms with van der Waals surface area (Å²) in [5.74, 6) is 0.144. The van der Waals surface area contributed by atoms with Crippen molar-refractivity contribution in [3.8, 4) is 0 Å². The Bertz CT molecular complexity index is 408. The fraction of sp³-hybridized carbons (Fsp3) is 0.500. The van der Waals surface area contributed by atoms with Crippen molar-refractivity contribution in [2.45, 2.75) is 26.1 Å². The van der Waals surface area contributed by atoms with Gasteiger partial charge in [-0.25, -0.2) is 4.98 Å². The summed E-state index contributed by atoms with van der Waals surface area (Å²) in [4.78, 5) is 18.0. The van der Waals surface area contributed by atoms with Crippen LogP contribution >= 0.6 is 0 Å². The van der Waals surface area contributed by atoms with Crippen molar-refractivity contribution >= 4 is 5.95 Å². The van der Waals surface area contributed by atoms with Crippen molar-refractivity contribution in [2.75, 3.05) is 5.73 Å². The quantitative estimate of drug-likeness (QED) is 0.595. The van der Waals surface area contributed by atoms with Gasteiger partial charge in [0.25, 0.3) is 5.56 Å². The van der Waals surface area contributed by atoms with E-state index in [9.17, 15) is 4.79 Å². The number of rotatable bonds is 0. The number of aromatic nitrogens is 2. The normalized spacial score (nSPS) is 18.6. The van der Waals surface area contributed by atoms with E-state index >= 15 is 0 Å². The van der Waals surface area contributed by atoms with Gasteiger partial charge < -0.3 is 10.5 Å². The Morgan fingerprint density at radius 3 is 3.00 bits per heavy atom. The summed E-state index contributed by atoms with van der Waals surface area (Å²) < 4.78 is 5.41. The number of anilines is 1. The van der Waals surface area contributed by atoms with Gasteiger partial charge in [0.15, 0.2) is 0 Å². The van der Waals surface area contributed by atoms with E-state index in [0.717, 1.165) is 0 Å². The fourth-order valence-electron chi connectivity index (χ4n) is 1.59. The van der Waals surface area contributed by atoms with Gasteiger partial charge in [0.05, 0.1) is 23.5 Å². The minimum absolute atomic E-state index is 0.144. The molecule has 0 fully saturated rings. The first-order valence-electron chi connectivity index (χ1n) is 4.04. The Kier molecular flexibility index (Phi) is 1.47. The summed E-state index contributed by atoms with van der Waals surface area (Å²) in [6, 6.07) is 0. The van der Waals surface area contributed by atoms with Crippen LogP contribution in [0.25, 0.3) is 0 Å². The maximum absolute atomic E-state index is 11.5. The molecule has 0 radical (unpaired) electrons. The highest BCUT2D eigenvalue weighted by molar-refractivity contribution is 5.31. The van der Waals surface area contributed by atoms with E-state index in [1.807, 2.05) is 13.8 Å². The predicted octanol–water partition coefficient (Wildman–Crippen LogP) is 0.117. The standard InChI is InChI=1S/C8H11N3O2/c1-8(2)5-4(3-13-8)10-7(9)11-6(5)12/h3H2,1-2H3,(H3,9,10,11,12). The highest BCUT2D eigenvalue weighted by atomic mass is 16.5. The average molecular weight is 181 g/mol. The summed E-state index contributed by atoms with van der Waals surface area (Å²) in [5.41, 5.74) is 5.87. The third kappa shape index (κ3) is 1.12. The van der Waals surface area contributed by atoms with Crippen molar-refractivity contribution < 1.29 is 4.74 Å². The Labute approximate surface area is 74.9 Å². The molecule has 5 nitrogen and oxygen atoms in total. The van der Waals surface area contributed by atoms with Crippen LogP contribution in [0.15, 0.2) is 4.79 Å². The van der Waals surface area contributed by atoms with Gasteiger partial charge in [-0.05, 0) is 13.8 Å². The second-order valence-electron chi connectivity index (χ2n) is 3.57. The number of ether oxygens (including phenoxy) is 1. The van der Waals surface area contributed by atoms with Crippen molar-refractivity contribution in [3.63, 3.8) is 0 Å². The molecular weight excluding hydrogens is 170 g/mol. The van der Waals surface area contributed by atoms with E-state index in [4.69, 9.17) is 10.5 Å². The molecule has 1 aromatic rings. The lowest BCUT2D eigenvalue weighted by atomic mass is 10.0. The van der Waals surface area contributed by atoms with Gasteiger partial charge in [-0.15, -0.1) is 0 Å². The van der Waals surface area contributed by atoms with Crippen LogP contribution in [0.4, 0.5) is 5.95 Å². The maximum Gasteiger partial charge on any atom is 0.258 e. The predicted molar refractivity (Wildman–Crippen MR) is 47.1 cm³/mol. The van der Waals surface area contributed by atoms with Crippen LogP contribution < -0.4 is 11.3 Å². The Balaban J connectivity index is 2.73. The third-order valence-corrected chi connectivity index (χ3v) is 2.18. The van der Waals surface area contributed by atoms with Crippen LogP contribution in [0.1, 0.15) is 25.1 Å². The molecule has 13 heavy (non-hydrogen) atoms. The van der Waals surface area contributed by atoms with Crippen LogP contribution in [-0.2, 0) is 16.9 Å². The van der Waals surface area contributed by atoms with E-state index in [2.05, 4.69) is 9.97 Å². The molecule has 0 aromatic carbocycles. The number of nitrogens with two attached hydrogens (primary N) is 1. The first kappa shape index (κ1) is 8.25. The Morgan fingerprint density at radius 2 is 2.31 bits per heavy atom. The number of nitrogens with one attached hydrogen (secondary N) is 1. The second kappa shape index (κ2) is 2.32. The Hall–Kier alpha value is -1.36. The SMILES string of the molecule is CC1(C)OCc2nc(N)[nH]c(=O)c21. The molecule has 0 bridgehead atoms. The molecule has 3 N–H and O–H groups in total. The number of nitrogen functional groups attached to an aromatic ring is 1. The summed E-state index contributed by atoms with van der Waals surface area (Å²) >= 11 is 0. The zero-order chi connectivity index (χ0) is 9.64. The lowest BCUT2D eigenvalue weighted by Gasteiger charge is -2.16. The molecule has 0 atom stereocenters. The molecule has 1 aliphatic rings. The molecule has 1 aliphatic heterocycles.